The highest BCUT2D eigenvalue weighted by molar-refractivity contribution is 7.10. The third kappa shape index (κ3) is 5.34. The number of thiophene rings is 2. The van der Waals surface area contributed by atoms with Crippen LogP contribution in [0.4, 0.5) is 0 Å². The first-order valence-electron chi connectivity index (χ1n) is 9.93. The number of rotatable bonds is 8. The van der Waals surface area contributed by atoms with E-state index in [-0.39, 0.29) is 17.9 Å². The summed E-state index contributed by atoms with van der Waals surface area (Å²) in [5.74, 6) is 0.538. The zero-order chi connectivity index (χ0) is 21.6. The summed E-state index contributed by atoms with van der Waals surface area (Å²) in [6.45, 7) is 2.96. The minimum Gasteiger partial charge on any atom is -0.332 e. The van der Waals surface area contributed by atoms with Crippen molar-refractivity contribution in [3.63, 3.8) is 0 Å². The summed E-state index contributed by atoms with van der Waals surface area (Å²) in [7, 11) is 0. The van der Waals surface area contributed by atoms with Crippen LogP contribution in [0.1, 0.15) is 27.4 Å². The summed E-state index contributed by atoms with van der Waals surface area (Å²) in [5.41, 5.74) is 1.80. The number of carbonyl (C=O) groups is 1. The molecule has 0 atom stereocenters. The summed E-state index contributed by atoms with van der Waals surface area (Å²) in [5, 5.41) is 4.03. The predicted molar refractivity (Wildman–Crippen MR) is 124 cm³/mol. The van der Waals surface area contributed by atoms with Gasteiger partial charge in [-0.1, -0.05) is 12.1 Å². The van der Waals surface area contributed by atoms with Crippen LogP contribution < -0.4 is 5.56 Å². The topological polar surface area (TPSA) is 79.0 Å². The molecule has 0 saturated carbocycles. The Labute approximate surface area is 188 Å². The second-order valence-corrected chi connectivity index (χ2v) is 9.19. The number of hydrogen-bond donors (Lipinski definition) is 1. The monoisotopic (exact) mass is 450 g/mol. The Hall–Kier alpha value is -3.10. The molecule has 0 aliphatic heterocycles. The molecule has 4 rings (SSSR count). The fourth-order valence-corrected chi connectivity index (χ4v) is 4.79. The molecule has 4 heterocycles. The van der Waals surface area contributed by atoms with Gasteiger partial charge in [-0.2, -0.15) is 0 Å². The number of aromatic amines is 1. The third-order valence-electron chi connectivity index (χ3n) is 4.97. The molecule has 0 spiro atoms. The van der Waals surface area contributed by atoms with Crippen molar-refractivity contribution in [2.75, 3.05) is 0 Å². The molecule has 0 saturated heterocycles. The van der Waals surface area contributed by atoms with E-state index in [2.05, 4.69) is 15.0 Å². The van der Waals surface area contributed by atoms with Crippen molar-refractivity contribution in [2.45, 2.75) is 32.9 Å². The van der Waals surface area contributed by atoms with Gasteiger partial charge in [-0.15, -0.1) is 22.7 Å². The number of nitrogens with one attached hydrogen (secondary N) is 1. The fourth-order valence-electron chi connectivity index (χ4n) is 3.35. The molecule has 4 aromatic rings. The van der Waals surface area contributed by atoms with Crippen molar-refractivity contribution in [3.05, 3.63) is 90.9 Å². The van der Waals surface area contributed by atoms with Crippen molar-refractivity contribution in [1.82, 2.24) is 19.9 Å². The molecule has 4 aromatic heterocycles. The smallest absolute Gasteiger partial charge is 0.254 e. The lowest BCUT2D eigenvalue weighted by Crippen LogP contribution is -2.30. The van der Waals surface area contributed by atoms with E-state index >= 15 is 0 Å². The van der Waals surface area contributed by atoms with Gasteiger partial charge >= 0.3 is 0 Å². The first kappa shape index (κ1) is 21.1. The van der Waals surface area contributed by atoms with E-state index in [1.165, 1.54) is 0 Å². The predicted octanol–water partition coefficient (Wildman–Crippen LogP) is 4.42. The van der Waals surface area contributed by atoms with Gasteiger partial charge in [0.1, 0.15) is 5.82 Å². The van der Waals surface area contributed by atoms with Gasteiger partial charge in [0.15, 0.2) is 0 Å². The molecule has 6 nitrogen and oxygen atoms in total. The van der Waals surface area contributed by atoms with Crippen molar-refractivity contribution in [2.24, 2.45) is 0 Å². The Bertz CT molecular complexity index is 1150. The van der Waals surface area contributed by atoms with E-state index in [0.29, 0.717) is 36.6 Å². The van der Waals surface area contributed by atoms with E-state index in [0.717, 1.165) is 15.3 Å². The summed E-state index contributed by atoms with van der Waals surface area (Å²) in [6, 6.07) is 11.7. The molecule has 0 fully saturated rings. The van der Waals surface area contributed by atoms with Gasteiger partial charge < -0.3 is 9.88 Å². The van der Waals surface area contributed by atoms with E-state index in [9.17, 15) is 9.59 Å². The van der Waals surface area contributed by atoms with Crippen molar-refractivity contribution < 1.29 is 4.79 Å². The summed E-state index contributed by atoms with van der Waals surface area (Å²) in [4.78, 5) is 41.3. The average molecular weight is 451 g/mol. The molecule has 8 heteroatoms. The first-order chi connectivity index (χ1) is 15.1. The standard InChI is InChI=1S/C23H22N4O2S2/c1-16-20(23(29)26-22(25-16)17-8-10-24-11-9-17)6-7-21(28)27(14-18-4-2-12-30-18)15-19-5-3-13-31-19/h2-5,8-13H,6-7,14-15H2,1H3,(H,25,26,29). The van der Waals surface area contributed by atoms with Crippen LogP contribution in [0.3, 0.4) is 0 Å². The minimum absolute atomic E-state index is 0.0267. The van der Waals surface area contributed by atoms with E-state index in [4.69, 9.17) is 0 Å². The molecule has 1 amide bonds. The molecule has 31 heavy (non-hydrogen) atoms. The maximum atomic E-state index is 13.1. The Morgan fingerprint density at radius 3 is 2.23 bits per heavy atom. The summed E-state index contributed by atoms with van der Waals surface area (Å²) >= 11 is 3.28. The van der Waals surface area contributed by atoms with Crippen LogP contribution in [-0.2, 0) is 24.3 Å². The largest absolute Gasteiger partial charge is 0.332 e. The number of nitrogens with zero attached hydrogens (tertiary/aromatic N) is 3. The number of hydrogen-bond acceptors (Lipinski definition) is 6. The highest BCUT2D eigenvalue weighted by atomic mass is 32.1. The molecule has 0 aliphatic carbocycles. The molecule has 1 N–H and O–H groups in total. The summed E-state index contributed by atoms with van der Waals surface area (Å²) in [6.07, 6.45) is 3.94. The van der Waals surface area contributed by atoms with E-state index in [1.807, 2.05) is 46.8 Å². The van der Waals surface area contributed by atoms with Gasteiger partial charge in [0.05, 0.1) is 13.1 Å². The van der Waals surface area contributed by atoms with E-state index < -0.39 is 0 Å². The zero-order valence-electron chi connectivity index (χ0n) is 17.1. The Morgan fingerprint density at radius 1 is 1.03 bits per heavy atom. The second-order valence-electron chi connectivity index (χ2n) is 7.12. The molecule has 0 unspecified atom stereocenters. The van der Waals surface area contributed by atoms with Gasteiger partial charge in [0.25, 0.3) is 5.56 Å². The lowest BCUT2D eigenvalue weighted by Gasteiger charge is -2.22. The molecular formula is C23H22N4O2S2. The zero-order valence-corrected chi connectivity index (χ0v) is 18.7. The van der Waals surface area contributed by atoms with Crippen LogP contribution in [0.15, 0.2) is 64.3 Å². The van der Waals surface area contributed by atoms with Gasteiger partial charge in [-0.3, -0.25) is 14.6 Å². The molecule has 0 radical (unpaired) electrons. The quantitative estimate of drug-likeness (QED) is 0.431. The van der Waals surface area contributed by atoms with Crippen LogP contribution >= 0.6 is 22.7 Å². The lowest BCUT2D eigenvalue weighted by molar-refractivity contribution is -0.132. The summed E-state index contributed by atoms with van der Waals surface area (Å²) < 4.78 is 0. The maximum absolute atomic E-state index is 13.1. The molecule has 0 aromatic carbocycles. The van der Waals surface area contributed by atoms with Crippen molar-refractivity contribution in [1.29, 1.82) is 0 Å². The maximum Gasteiger partial charge on any atom is 0.254 e. The average Bonchev–Trinajstić information content (AvgIpc) is 3.47. The van der Waals surface area contributed by atoms with Crippen molar-refractivity contribution in [3.8, 4) is 11.4 Å². The minimum atomic E-state index is -0.199. The molecule has 158 valence electrons. The Balaban J connectivity index is 1.48. The normalized spacial score (nSPS) is 10.9. The number of carbonyl (C=O) groups excluding carboxylic acids is 1. The van der Waals surface area contributed by atoms with Crippen LogP contribution in [-0.4, -0.2) is 25.8 Å². The number of aryl methyl sites for hydroxylation is 1. The van der Waals surface area contributed by atoms with Crippen LogP contribution in [0.2, 0.25) is 0 Å². The number of amides is 1. The number of pyridine rings is 1. The number of aromatic nitrogens is 3. The highest BCUT2D eigenvalue weighted by Crippen LogP contribution is 2.19. The second kappa shape index (κ2) is 9.80. The van der Waals surface area contributed by atoms with Crippen LogP contribution in [0.25, 0.3) is 11.4 Å². The van der Waals surface area contributed by atoms with Crippen LogP contribution in [0.5, 0.6) is 0 Å². The SMILES string of the molecule is Cc1nc(-c2ccncc2)[nH]c(=O)c1CCC(=O)N(Cc1cccs1)Cc1cccs1. The number of H-pyrrole nitrogens is 1. The fraction of sp³-hybridized carbons (Fsp3) is 0.217. The van der Waals surface area contributed by atoms with Gasteiger partial charge in [-0.05, 0) is 48.4 Å². The lowest BCUT2D eigenvalue weighted by atomic mass is 10.1. The first-order valence-corrected chi connectivity index (χ1v) is 11.7. The molecule has 0 aliphatic rings. The molecular weight excluding hydrogens is 428 g/mol. The third-order valence-corrected chi connectivity index (χ3v) is 6.69. The van der Waals surface area contributed by atoms with Crippen LogP contribution in [0, 0.1) is 6.92 Å². The molecule has 0 bridgehead atoms. The van der Waals surface area contributed by atoms with Gasteiger partial charge in [0.2, 0.25) is 5.91 Å². The Kier molecular flexibility index (Phi) is 6.69. The van der Waals surface area contributed by atoms with Gasteiger partial charge in [-0.25, -0.2) is 4.98 Å². The van der Waals surface area contributed by atoms with Gasteiger partial charge in [0, 0.05) is 45.4 Å². The van der Waals surface area contributed by atoms with Crippen molar-refractivity contribution >= 4 is 28.6 Å². The van der Waals surface area contributed by atoms with E-state index in [1.54, 1.807) is 47.2 Å². The highest BCUT2D eigenvalue weighted by Gasteiger charge is 2.18. The Morgan fingerprint density at radius 2 is 1.68 bits per heavy atom.